The standard InChI is InChI=1S/C13H18BrN3/c1-2-3-4-10-9-17(6-5-15)12-7-13(14)16-8-11(10)12/h7-9H,2-6,15H2,1H3. The highest BCUT2D eigenvalue weighted by molar-refractivity contribution is 9.10. The normalized spacial score (nSPS) is 11.2. The quantitative estimate of drug-likeness (QED) is 0.862. The third-order valence-electron chi connectivity index (χ3n) is 2.99. The Kier molecular flexibility index (Phi) is 4.18. The van der Waals surface area contributed by atoms with Crippen LogP contribution in [0.2, 0.25) is 0 Å². The van der Waals surface area contributed by atoms with Crippen molar-refractivity contribution in [2.45, 2.75) is 32.7 Å². The number of hydrogen-bond acceptors (Lipinski definition) is 2. The first-order chi connectivity index (χ1) is 8.26. The Balaban J connectivity index is 2.46. The lowest BCUT2D eigenvalue weighted by Crippen LogP contribution is -2.08. The lowest BCUT2D eigenvalue weighted by Gasteiger charge is -2.01. The van der Waals surface area contributed by atoms with Gasteiger partial charge in [0.15, 0.2) is 0 Å². The zero-order valence-electron chi connectivity index (χ0n) is 10.1. The number of rotatable bonds is 5. The number of fused-ring (bicyclic) bond motifs is 1. The Hall–Kier alpha value is -0.870. The second kappa shape index (κ2) is 5.65. The van der Waals surface area contributed by atoms with Gasteiger partial charge in [0, 0.05) is 30.9 Å². The monoisotopic (exact) mass is 295 g/mol. The van der Waals surface area contributed by atoms with E-state index in [0.29, 0.717) is 6.54 Å². The lowest BCUT2D eigenvalue weighted by molar-refractivity contribution is 0.726. The third kappa shape index (κ3) is 2.69. The molecular weight excluding hydrogens is 278 g/mol. The Morgan fingerprint density at radius 2 is 2.29 bits per heavy atom. The molecule has 0 unspecified atom stereocenters. The molecule has 2 aromatic rings. The van der Waals surface area contributed by atoms with E-state index >= 15 is 0 Å². The van der Waals surface area contributed by atoms with Crippen LogP contribution in [-0.4, -0.2) is 16.1 Å². The Morgan fingerprint density at radius 3 is 3.00 bits per heavy atom. The number of hydrogen-bond donors (Lipinski definition) is 1. The molecular formula is C13H18BrN3. The van der Waals surface area contributed by atoms with Gasteiger partial charge in [-0.25, -0.2) is 4.98 Å². The van der Waals surface area contributed by atoms with Gasteiger partial charge in [0.1, 0.15) is 4.60 Å². The van der Waals surface area contributed by atoms with Crippen molar-refractivity contribution >= 4 is 26.8 Å². The Bertz CT molecular complexity index is 505. The molecule has 0 fully saturated rings. The van der Waals surface area contributed by atoms with Crippen molar-refractivity contribution in [3.05, 3.63) is 28.6 Å². The van der Waals surface area contributed by atoms with Crippen LogP contribution in [0, 0.1) is 0 Å². The number of aromatic nitrogens is 2. The van der Waals surface area contributed by atoms with Crippen LogP contribution < -0.4 is 5.73 Å². The van der Waals surface area contributed by atoms with E-state index in [1.165, 1.54) is 29.3 Å². The van der Waals surface area contributed by atoms with Crippen LogP contribution >= 0.6 is 15.9 Å². The van der Waals surface area contributed by atoms with Gasteiger partial charge in [0.2, 0.25) is 0 Å². The molecule has 0 aromatic carbocycles. The average molecular weight is 296 g/mol. The van der Waals surface area contributed by atoms with Crippen LogP contribution in [0.5, 0.6) is 0 Å². The van der Waals surface area contributed by atoms with Crippen molar-refractivity contribution in [3.63, 3.8) is 0 Å². The fourth-order valence-corrected chi connectivity index (χ4v) is 2.44. The molecule has 0 aliphatic rings. The second-order valence-corrected chi connectivity index (χ2v) is 5.08. The number of nitrogens with zero attached hydrogens (tertiary/aromatic N) is 2. The summed E-state index contributed by atoms with van der Waals surface area (Å²) in [6.45, 7) is 3.74. The Labute approximate surface area is 110 Å². The number of halogens is 1. The van der Waals surface area contributed by atoms with Crippen molar-refractivity contribution in [3.8, 4) is 0 Å². The van der Waals surface area contributed by atoms with Gasteiger partial charge in [-0.05, 0) is 40.4 Å². The average Bonchev–Trinajstić information content (AvgIpc) is 2.65. The molecule has 0 bridgehead atoms. The second-order valence-electron chi connectivity index (χ2n) is 4.26. The van der Waals surface area contributed by atoms with Crippen molar-refractivity contribution in [1.82, 2.24) is 9.55 Å². The molecule has 92 valence electrons. The number of unbranched alkanes of at least 4 members (excludes halogenated alkanes) is 1. The number of aryl methyl sites for hydroxylation is 1. The van der Waals surface area contributed by atoms with E-state index < -0.39 is 0 Å². The molecule has 0 saturated carbocycles. The zero-order valence-corrected chi connectivity index (χ0v) is 11.7. The zero-order chi connectivity index (χ0) is 12.3. The summed E-state index contributed by atoms with van der Waals surface area (Å²) in [6, 6.07) is 2.07. The summed E-state index contributed by atoms with van der Waals surface area (Å²) in [5.74, 6) is 0. The predicted molar refractivity (Wildman–Crippen MR) is 75.1 cm³/mol. The smallest absolute Gasteiger partial charge is 0.108 e. The van der Waals surface area contributed by atoms with Crippen LogP contribution in [-0.2, 0) is 13.0 Å². The summed E-state index contributed by atoms with van der Waals surface area (Å²) < 4.78 is 3.11. The van der Waals surface area contributed by atoms with Gasteiger partial charge in [-0.2, -0.15) is 0 Å². The van der Waals surface area contributed by atoms with E-state index in [0.717, 1.165) is 17.6 Å². The Morgan fingerprint density at radius 1 is 1.47 bits per heavy atom. The minimum Gasteiger partial charge on any atom is -0.346 e. The van der Waals surface area contributed by atoms with Crippen LogP contribution in [0.1, 0.15) is 25.3 Å². The van der Waals surface area contributed by atoms with E-state index in [9.17, 15) is 0 Å². The van der Waals surface area contributed by atoms with E-state index in [1.54, 1.807) is 0 Å². The molecule has 3 nitrogen and oxygen atoms in total. The molecule has 2 heterocycles. The maximum absolute atomic E-state index is 5.65. The first-order valence-corrected chi connectivity index (χ1v) is 6.89. The topological polar surface area (TPSA) is 43.8 Å². The van der Waals surface area contributed by atoms with Gasteiger partial charge in [-0.15, -0.1) is 0 Å². The molecule has 0 aliphatic carbocycles. The van der Waals surface area contributed by atoms with Gasteiger partial charge in [0.05, 0.1) is 5.52 Å². The van der Waals surface area contributed by atoms with Crippen molar-refractivity contribution < 1.29 is 0 Å². The maximum atomic E-state index is 5.65. The van der Waals surface area contributed by atoms with Crippen LogP contribution in [0.25, 0.3) is 10.9 Å². The predicted octanol–water partition coefficient (Wildman–Crippen LogP) is 3.10. The third-order valence-corrected chi connectivity index (χ3v) is 3.42. The molecule has 17 heavy (non-hydrogen) atoms. The van der Waals surface area contributed by atoms with Gasteiger partial charge in [0.25, 0.3) is 0 Å². The van der Waals surface area contributed by atoms with Gasteiger partial charge in [-0.3, -0.25) is 0 Å². The highest BCUT2D eigenvalue weighted by atomic mass is 79.9. The van der Waals surface area contributed by atoms with Crippen LogP contribution in [0.15, 0.2) is 23.1 Å². The summed E-state index contributed by atoms with van der Waals surface area (Å²) in [6.07, 6.45) is 7.73. The highest BCUT2D eigenvalue weighted by Gasteiger charge is 2.08. The van der Waals surface area contributed by atoms with Gasteiger partial charge >= 0.3 is 0 Å². The van der Waals surface area contributed by atoms with Crippen molar-refractivity contribution in [2.75, 3.05) is 6.54 Å². The van der Waals surface area contributed by atoms with E-state index in [1.807, 2.05) is 6.20 Å². The van der Waals surface area contributed by atoms with Crippen molar-refractivity contribution in [1.29, 1.82) is 0 Å². The molecule has 0 spiro atoms. The summed E-state index contributed by atoms with van der Waals surface area (Å²) in [7, 11) is 0. The SMILES string of the molecule is CCCCc1cn(CCN)c2cc(Br)ncc12. The number of pyridine rings is 1. The fraction of sp³-hybridized carbons (Fsp3) is 0.462. The van der Waals surface area contributed by atoms with E-state index in [2.05, 4.69) is 44.7 Å². The summed E-state index contributed by atoms with van der Waals surface area (Å²) in [5.41, 5.74) is 8.26. The van der Waals surface area contributed by atoms with E-state index in [4.69, 9.17) is 5.73 Å². The largest absolute Gasteiger partial charge is 0.346 e. The summed E-state index contributed by atoms with van der Waals surface area (Å²) in [5, 5.41) is 1.26. The molecule has 0 radical (unpaired) electrons. The minimum absolute atomic E-state index is 0.664. The van der Waals surface area contributed by atoms with E-state index in [-0.39, 0.29) is 0 Å². The minimum atomic E-state index is 0.664. The first kappa shape index (κ1) is 12.6. The summed E-state index contributed by atoms with van der Waals surface area (Å²) in [4.78, 5) is 4.32. The molecule has 0 saturated heterocycles. The lowest BCUT2D eigenvalue weighted by atomic mass is 10.1. The molecule has 4 heteroatoms. The molecule has 2 N–H and O–H groups in total. The molecule has 2 aromatic heterocycles. The van der Waals surface area contributed by atoms with Crippen LogP contribution in [0.4, 0.5) is 0 Å². The van der Waals surface area contributed by atoms with Crippen LogP contribution in [0.3, 0.4) is 0 Å². The molecule has 2 rings (SSSR count). The number of nitrogens with two attached hydrogens (primary N) is 1. The molecule has 0 atom stereocenters. The molecule has 0 aliphatic heterocycles. The fourth-order valence-electron chi connectivity index (χ4n) is 2.12. The highest BCUT2D eigenvalue weighted by Crippen LogP contribution is 2.24. The van der Waals surface area contributed by atoms with Gasteiger partial charge in [-0.1, -0.05) is 13.3 Å². The van der Waals surface area contributed by atoms with Crippen molar-refractivity contribution in [2.24, 2.45) is 5.73 Å². The summed E-state index contributed by atoms with van der Waals surface area (Å²) >= 11 is 3.42. The first-order valence-electron chi connectivity index (χ1n) is 6.09. The van der Waals surface area contributed by atoms with Gasteiger partial charge < -0.3 is 10.3 Å². The molecule has 0 amide bonds. The maximum Gasteiger partial charge on any atom is 0.108 e.